The standard InChI is InChI=1S/C16H15FN2O3/c1-9-3-5-13(18-10(2)20)14(7-9)19-16(22)12-8-11(17)4-6-15(12)21/h3-8,21H,1-2H3,(H,18,20)(H,19,22). The Hall–Kier alpha value is -2.89. The van der Waals surface area contributed by atoms with Gasteiger partial charge in [-0.25, -0.2) is 4.39 Å². The van der Waals surface area contributed by atoms with Crippen LogP contribution in [0.3, 0.4) is 0 Å². The van der Waals surface area contributed by atoms with Crippen molar-refractivity contribution >= 4 is 23.2 Å². The molecule has 22 heavy (non-hydrogen) atoms. The number of aryl methyl sites for hydroxylation is 1. The number of phenols is 1. The number of anilines is 2. The van der Waals surface area contributed by atoms with Crippen molar-refractivity contribution in [1.82, 2.24) is 0 Å². The van der Waals surface area contributed by atoms with E-state index in [9.17, 15) is 19.1 Å². The number of amides is 2. The number of rotatable bonds is 3. The van der Waals surface area contributed by atoms with E-state index in [-0.39, 0.29) is 17.2 Å². The molecule has 2 rings (SSSR count). The molecule has 0 fully saturated rings. The van der Waals surface area contributed by atoms with Crippen molar-refractivity contribution in [2.45, 2.75) is 13.8 Å². The lowest BCUT2D eigenvalue weighted by molar-refractivity contribution is -0.114. The Balaban J connectivity index is 2.33. The van der Waals surface area contributed by atoms with Crippen LogP contribution >= 0.6 is 0 Å². The Morgan fingerprint density at radius 2 is 1.77 bits per heavy atom. The maximum atomic E-state index is 13.2. The fraction of sp³-hybridized carbons (Fsp3) is 0.125. The normalized spacial score (nSPS) is 10.1. The van der Waals surface area contributed by atoms with E-state index in [4.69, 9.17) is 0 Å². The number of carbonyl (C=O) groups excluding carboxylic acids is 2. The van der Waals surface area contributed by atoms with Crippen molar-refractivity contribution in [2.75, 3.05) is 10.6 Å². The highest BCUT2D eigenvalue weighted by Crippen LogP contribution is 2.25. The lowest BCUT2D eigenvalue weighted by Gasteiger charge is -2.13. The Labute approximate surface area is 126 Å². The van der Waals surface area contributed by atoms with Crippen LogP contribution in [-0.2, 0) is 4.79 Å². The molecule has 3 N–H and O–H groups in total. The molecule has 0 bridgehead atoms. The van der Waals surface area contributed by atoms with E-state index < -0.39 is 11.7 Å². The van der Waals surface area contributed by atoms with Crippen LogP contribution in [0, 0.1) is 12.7 Å². The summed E-state index contributed by atoms with van der Waals surface area (Å²) in [5, 5.41) is 14.8. The predicted molar refractivity (Wildman–Crippen MR) is 81.5 cm³/mol. The van der Waals surface area contributed by atoms with Crippen LogP contribution in [0.1, 0.15) is 22.8 Å². The summed E-state index contributed by atoms with van der Waals surface area (Å²) in [6, 6.07) is 8.20. The van der Waals surface area contributed by atoms with Gasteiger partial charge in [-0.1, -0.05) is 6.07 Å². The van der Waals surface area contributed by atoms with Gasteiger partial charge in [0.25, 0.3) is 5.91 Å². The number of halogens is 1. The number of hydrogen-bond acceptors (Lipinski definition) is 3. The van der Waals surface area contributed by atoms with E-state index in [2.05, 4.69) is 10.6 Å². The van der Waals surface area contributed by atoms with Crippen molar-refractivity contribution in [2.24, 2.45) is 0 Å². The second-order valence-corrected chi connectivity index (χ2v) is 4.85. The molecule has 5 nitrogen and oxygen atoms in total. The molecule has 0 radical (unpaired) electrons. The van der Waals surface area contributed by atoms with Crippen LogP contribution in [0.25, 0.3) is 0 Å². The average molecular weight is 302 g/mol. The molecule has 2 aromatic carbocycles. The number of nitrogens with one attached hydrogen (secondary N) is 2. The second-order valence-electron chi connectivity index (χ2n) is 4.85. The maximum Gasteiger partial charge on any atom is 0.259 e. The third kappa shape index (κ3) is 3.60. The minimum Gasteiger partial charge on any atom is -0.507 e. The smallest absolute Gasteiger partial charge is 0.259 e. The molecule has 114 valence electrons. The highest BCUT2D eigenvalue weighted by Gasteiger charge is 2.14. The third-order valence-corrected chi connectivity index (χ3v) is 2.94. The van der Waals surface area contributed by atoms with Gasteiger partial charge in [0.1, 0.15) is 11.6 Å². The molecular formula is C16H15FN2O3. The summed E-state index contributed by atoms with van der Waals surface area (Å²) in [4.78, 5) is 23.4. The molecule has 2 aromatic rings. The van der Waals surface area contributed by atoms with Gasteiger partial charge < -0.3 is 15.7 Å². The first kappa shape index (κ1) is 15.5. The number of hydrogen-bond donors (Lipinski definition) is 3. The summed E-state index contributed by atoms with van der Waals surface area (Å²) in [6.07, 6.45) is 0. The quantitative estimate of drug-likeness (QED) is 0.815. The fourth-order valence-electron chi connectivity index (χ4n) is 1.94. The van der Waals surface area contributed by atoms with Crippen LogP contribution in [0.4, 0.5) is 15.8 Å². The summed E-state index contributed by atoms with van der Waals surface area (Å²) in [7, 11) is 0. The van der Waals surface area contributed by atoms with Crippen molar-refractivity contribution in [3.63, 3.8) is 0 Å². The molecule has 0 aliphatic rings. The first-order valence-corrected chi connectivity index (χ1v) is 6.55. The van der Waals surface area contributed by atoms with Gasteiger partial charge in [-0.2, -0.15) is 0 Å². The second kappa shape index (κ2) is 6.26. The van der Waals surface area contributed by atoms with Crippen molar-refractivity contribution in [3.8, 4) is 5.75 Å². The average Bonchev–Trinajstić information content (AvgIpc) is 2.44. The van der Waals surface area contributed by atoms with Gasteiger partial charge in [-0.05, 0) is 42.8 Å². The Kier molecular flexibility index (Phi) is 4.41. The van der Waals surface area contributed by atoms with E-state index in [0.717, 1.165) is 23.8 Å². The van der Waals surface area contributed by atoms with E-state index in [1.165, 1.54) is 6.92 Å². The van der Waals surface area contributed by atoms with Crippen molar-refractivity contribution < 1.29 is 19.1 Å². The summed E-state index contributed by atoms with van der Waals surface area (Å²) in [5.74, 6) is -1.91. The first-order chi connectivity index (χ1) is 10.4. The molecule has 0 aliphatic heterocycles. The fourth-order valence-corrected chi connectivity index (χ4v) is 1.94. The lowest BCUT2D eigenvalue weighted by atomic mass is 10.1. The van der Waals surface area contributed by atoms with Gasteiger partial charge in [0.05, 0.1) is 16.9 Å². The molecule has 2 amide bonds. The minimum atomic E-state index is -0.672. The Bertz CT molecular complexity index is 744. The van der Waals surface area contributed by atoms with Gasteiger partial charge in [-0.3, -0.25) is 9.59 Å². The largest absolute Gasteiger partial charge is 0.507 e. The molecule has 0 spiro atoms. The summed E-state index contributed by atoms with van der Waals surface area (Å²) in [5.41, 5.74) is 1.47. The zero-order valence-electron chi connectivity index (χ0n) is 12.1. The van der Waals surface area contributed by atoms with E-state index in [1.54, 1.807) is 18.2 Å². The highest BCUT2D eigenvalue weighted by atomic mass is 19.1. The van der Waals surface area contributed by atoms with Crippen LogP contribution in [0.2, 0.25) is 0 Å². The van der Waals surface area contributed by atoms with Gasteiger partial charge in [0, 0.05) is 6.92 Å². The van der Waals surface area contributed by atoms with Crippen LogP contribution < -0.4 is 10.6 Å². The van der Waals surface area contributed by atoms with Crippen molar-refractivity contribution in [1.29, 1.82) is 0 Å². The predicted octanol–water partition coefficient (Wildman–Crippen LogP) is 3.05. The molecule has 0 aromatic heterocycles. The number of carbonyl (C=O) groups is 2. The van der Waals surface area contributed by atoms with Crippen LogP contribution in [-0.4, -0.2) is 16.9 Å². The number of aromatic hydroxyl groups is 1. The van der Waals surface area contributed by atoms with Gasteiger partial charge in [0.2, 0.25) is 5.91 Å². The third-order valence-electron chi connectivity index (χ3n) is 2.94. The Morgan fingerprint density at radius 1 is 1.05 bits per heavy atom. The summed E-state index contributed by atoms with van der Waals surface area (Å²) in [6.45, 7) is 3.18. The topological polar surface area (TPSA) is 78.4 Å². The molecule has 0 heterocycles. The van der Waals surface area contributed by atoms with E-state index in [0.29, 0.717) is 11.4 Å². The molecule has 6 heteroatoms. The summed E-state index contributed by atoms with van der Waals surface area (Å²) < 4.78 is 13.2. The monoisotopic (exact) mass is 302 g/mol. The van der Waals surface area contributed by atoms with Gasteiger partial charge >= 0.3 is 0 Å². The molecule has 0 aliphatic carbocycles. The molecule has 0 saturated carbocycles. The molecule has 0 saturated heterocycles. The van der Waals surface area contributed by atoms with Gasteiger partial charge in [0.15, 0.2) is 0 Å². The SMILES string of the molecule is CC(=O)Nc1ccc(C)cc1NC(=O)c1cc(F)ccc1O. The first-order valence-electron chi connectivity index (χ1n) is 6.55. The number of benzene rings is 2. The van der Waals surface area contributed by atoms with Crippen LogP contribution in [0.5, 0.6) is 5.75 Å². The molecular weight excluding hydrogens is 287 g/mol. The maximum absolute atomic E-state index is 13.2. The zero-order chi connectivity index (χ0) is 16.3. The zero-order valence-corrected chi connectivity index (χ0v) is 12.1. The van der Waals surface area contributed by atoms with Crippen molar-refractivity contribution in [3.05, 3.63) is 53.3 Å². The number of phenolic OH excluding ortho intramolecular Hbond substituents is 1. The summed E-state index contributed by atoms with van der Waals surface area (Å²) >= 11 is 0. The van der Waals surface area contributed by atoms with Gasteiger partial charge in [-0.15, -0.1) is 0 Å². The van der Waals surface area contributed by atoms with E-state index >= 15 is 0 Å². The molecule has 0 unspecified atom stereocenters. The van der Waals surface area contributed by atoms with Crippen LogP contribution in [0.15, 0.2) is 36.4 Å². The Morgan fingerprint density at radius 3 is 2.45 bits per heavy atom. The molecule has 0 atom stereocenters. The van der Waals surface area contributed by atoms with E-state index in [1.807, 2.05) is 6.92 Å². The minimum absolute atomic E-state index is 0.185. The lowest BCUT2D eigenvalue weighted by Crippen LogP contribution is -2.15. The highest BCUT2D eigenvalue weighted by molar-refractivity contribution is 6.08.